The van der Waals surface area contributed by atoms with Gasteiger partial charge in [0.05, 0.1) is 6.04 Å². The van der Waals surface area contributed by atoms with E-state index in [1.165, 1.54) is 11.1 Å². The zero-order valence-electron chi connectivity index (χ0n) is 7.59. The minimum absolute atomic E-state index is 0.235. The van der Waals surface area contributed by atoms with E-state index < -0.39 is 0 Å². The van der Waals surface area contributed by atoms with Crippen LogP contribution in [-0.2, 0) is 17.8 Å². The summed E-state index contributed by atoms with van der Waals surface area (Å²) in [4.78, 5) is 11.0. The molecule has 1 heterocycles. The van der Waals surface area contributed by atoms with Gasteiger partial charge in [0, 0.05) is 11.0 Å². The van der Waals surface area contributed by atoms with Gasteiger partial charge in [0.25, 0.3) is 0 Å². The van der Waals surface area contributed by atoms with Crippen molar-refractivity contribution in [3.63, 3.8) is 0 Å². The predicted molar refractivity (Wildman–Crippen MR) is 57.7 cm³/mol. The molecule has 0 aliphatic carbocycles. The van der Waals surface area contributed by atoms with Gasteiger partial charge in [0.15, 0.2) is 0 Å². The molecule has 0 unspecified atom stereocenters. The normalized spacial score (nSPS) is 20.2. The first-order valence-corrected chi connectivity index (χ1v) is 5.27. The monoisotopic (exact) mass is 254 g/mol. The van der Waals surface area contributed by atoms with Crippen LogP contribution in [0.15, 0.2) is 22.7 Å². The molecule has 14 heavy (non-hydrogen) atoms. The van der Waals surface area contributed by atoms with E-state index >= 15 is 0 Å². The first kappa shape index (κ1) is 9.68. The Balaban J connectivity index is 2.33. The maximum atomic E-state index is 11.0. The molecule has 1 aliphatic heterocycles. The number of amides is 1. The molecule has 0 fully saturated rings. The second-order valence-corrected chi connectivity index (χ2v) is 4.27. The minimum atomic E-state index is -0.286. The molecule has 0 spiro atoms. The van der Waals surface area contributed by atoms with E-state index in [0.29, 0.717) is 13.0 Å². The second-order valence-electron chi connectivity index (χ2n) is 3.42. The van der Waals surface area contributed by atoms with Crippen LogP contribution in [0.5, 0.6) is 0 Å². The van der Waals surface area contributed by atoms with Crippen LogP contribution in [0.3, 0.4) is 0 Å². The SMILES string of the molecule is NC(=O)[C@H]1Cc2c(Br)cccc2CN1. The van der Waals surface area contributed by atoms with Crippen LogP contribution in [0.4, 0.5) is 0 Å². The first-order valence-electron chi connectivity index (χ1n) is 4.47. The third-order valence-corrected chi connectivity index (χ3v) is 3.25. The maximum Gasteiger partial charge on any atom is 0.234 e. The lowest BCUT2D eigenvalue weighted by Gasteiger charge is -2.24. The Morgan fingerprint density at radius 2 is 2.36 bits per heavy atom. The summed E-state index contributed by atoms with van der Waals surface area (Å²) >= 11 is 3.48. The fourth-order valence-electron chi connectivity index (χ4n) is 1.71. The van der Waals surface area contributed by atoms with Crippen LogP contribution < -0.4 is 11.1 Å². The van der Waals surface area contributed by atoms with Crippen molar-refractivity contribution in [2.45, 2.75) is 19.0 Å². The fraction of sp³-hybridized carbons (Fsp3) is 0.300. The van der Waals surface area contributed by atoms with Crippen LogP contribution in [0.2, 0.25) is 0 Å². The van der Waals surface area contributed by atoms with Gasteiger partial charge in [-0.05, 0) is 23.6 Å². The van der Waals surface area contributed by atoms with Gasteiger partial charge >= 0.3 is 0 Å². The van der Waals surface area contributed by atoms with E-state index in [4.69, 9.17) is 5.73 Å². The zero-order chi connectivity index (χ0) is 10.1. The summed E-state index contributed by atoms with van der Waals surface area (Å²) in [5, 5.41) is 3.11. The van der Waals surface area contributed by atoms with Gasteiger partial charge in [-0.15, -0.1) is 0 Å². The van der Waals surface area contributed by atoms with E-state index in [1.807, 2.05) is 12.1 Å². The molecule has 2 rings (SSSR count). The second kappa shape index (κ2) is 3.71. The van der Waals surface area contributed by atoms with Crippen molar-refractivity contribution in [3.05, 3.63) is 33.8 Å². The molecule has 74 valence electrons. The van der Waals surface area contributed by atoms with Crippen molar-refractivity contribution in [2.24, 2.45) is 5.73 Å². The summed E-state index contributed by atoms with van der Waals surface area (Å²) in [6.45, 7) is 0.711. The molecule has 0 saturated heterocycles. The molecular formula is C10H11BrN2O. The zero-order valence-corrected chi connectivity index (χ0v) is 9.17. The van der Waals surface area contributed by atoms with Crippen LogP contribution in [0, 0.1) is 0 Å². The lowest BCUT2D eigenvalue weighted by atomic mass is 9.96. The number of rotatable bonds is 1. The molecule has 0 aromatic heterocycles. The van der Waals surface area contributed by atoms with Gasteiger partial charge in [0.1, 0.15) is 0 Å². The lowest BCUT2D eigenvalue weighted by molar-refractivity contribution is -0.120. The number of hydrogen-bond acceptors (Lipinski definition) is 2. The van der Waals surface area contributed by atoms with E-state index in [0.717, 1.165) is 4.47 Å². The Morgan fingerprint density at radius 1 is 1.57 bits per heavy atom. The number of nitrogens with two attached hydrogens (primary N) is 1. The van der Waals surface area contributed by atoms with E-state index in [-0.39, 0.29) is 11.9 Å². The number of carbonyl (C=O) groups is 1. The number of nitrogens with one attached hydrogen (secondary N) is 1. The Morgan fingerprint density at radius 3 is 3.07 bits per heavy atom. The minimum Gasteiger partial charge on any atom is -0.368 e. The molecule has 0 saturated carbocycles. The van der Waals surface area contributed by atoms with Gasteiger partial charge in [-0.25, -0.2) is 0 Å². The third-order valence-electron chi connectivity index (χ3n) is 2.51. The van der Waals surface area contributed by atoms with Crippen LogP contribution in [0.1, 0.15) is 11.1 Å². The molecule has 4 heteroatoms. The molecule has 1 aromatic carbocycles. The summed E-state index contributed by atoms with van der Waals surface area (Å²) in [5.74, 6) is -0.286. The topological polar surface area (TPSA) is 55.1 Å². The molecule has 1 amide bonds. The van der Waals surface area contributed by atoms with Gasteiger partial charge in [-0.1, -0.05) is 28.1 Å². The van der Waals surface area contributed by atoms with E-state index in [2.05, 4.69) is 27.3 Å². The number of primary amides is 1. The highest BCUT2D eigenvalue weighted by Crippen LogP contribution is 2.24. The Bertz CT molecular complexity index is 378. The highest BCUT2D eigenvalue weighted by atomic mass is 79.9. The maximum absolute atomic E-state index is 11.0. The quantitative estimate of drug-likeness (QED) is 0.785. The Hall–Kier alpha value is -0.870. The standard InChI is InChI=1S/C10H11BrN2O/c11-8-3-1-2-6-5-13-9(10(12)14)4-7(6)8/h1-3,9,13H,4-5H2,(H2,12,14)/t9-/m1/s1. The van der Waals surface area contributed by atoms with Crippen molar-refractivity contribution in [1.29, 1.82) is 0 Å². The van der Waals surface area contributed by atoms with Crippen molar-refractivity contribution in [2.75, 3.05) is 0 Å². The predicted octanol–water partition coefficient (Wildman–Crippen LogP) is 0.949. The Kier molecular flexibility index (Phi) is 2.56. The van der Waals surface area contributed by atoms with Gasteiger partial charge < -0.3 is 11.1 Å². The van der Waals surface area contributed by atoms with Gasteiger partial charge in [0.2, 0.25) is 5.91 Å². The number of fused-ring (bicyclic) bond motifs is 1. The summed E-state index contributed by atoms with van der Waals surface area (Å²) in [5.41, 5.74) is 7.68. The molecule has 3 N–H and O–H groups in total. The molecule has 3 nitrogen and oxygen atoms in total. The Labute approximate surface area is 90.8 Å². The first-order chi connectivity index (χ1) is 6.68. The van der Waals surface area contributed by atoms with Crippen molar-refractivity contribution in [1.82, 2.24) is 5.32 Å². The largest absolute Gasteiger partial charge is 0.368 e. The van der Waals surface area contributed by atoms with Gasteiger partial charge in [-0.2, -0.15) is 0 Å². The van der Waals surface area contributed by atoms with E-state index in [1.54, 1.807) is 0 Å². The average molecular weight is 255 g/mol. The summed E-state index contributed by atoms with van der Waals surface area (Å²) in [6, 6.07) is 5.81. The van der Waals surface area contributed by atoms with Crippen LogP contribution >= 0.6 is 15.9 Å². The van der Waals surface area contributed by atoms with Crippen LogP contribution in [0.25, 0.3) is 0 Å². The van der Waals surface area contributed by atoms with Crippen LogP contribution in [-0.4, -0.2) is 11.9 Å². The fourth-order valence-corrected chi connectivity index (χ4v) is 2.28. The highest BCUT2D eigenvalue weighted by molar-refractivity contribution is 9.10. The smallest absolute Gasteiger partial charge is 0.234 e. The van der Waals surface area contributed by atoms with Crippen molar-refractivity contribution < 1.29 is 4.79 Å². The molecule has 0 radical (unpaired) electrons. The molecular weight excluding hydrogens is 244 g/mol. The third kappa shape index (κ3) is 1.67. The number of halogens is 1. The molecule has 1 aromatic rings. The summed E-state index contributed by atoms with van der Waals surface area (Å²) in [6.07, 6.45) is 0.673. The van der Waals surface area contributed by atoms with E-state index in [9.17, 15) is 4.79 Å². The molecule has 1 aliphatic rings. The van der Waals surface area contributed by atoms with Gasteiger partial charge in [-0.3, -0.25) is 4.79 Å². The number of carbonyl (C=O) groups excluding carboxylic acids is 1. The van der Waals surface area contributed by atoms with Crippen molar-refractivity contribution >= 4 is 21.8 Å². The van der Waals surface area contributed by atoms with Crippen molar-refractivity contribution in [3.8, 4) is 0 Å². The number of hydrogen-bond donors (Lipinski definition) is 2. The number of benzene rings is 1. The summed E-state index contributed by atoms with van der Waals surface area (Å²) in [7, 11) is 0. The molecule has 1 atom stereocenters. The molecule has 0 bridgehead atoms. The average Bonchev–Trinajstić information content (AvgIpc) is 2.18. The summed E-state index contributed by atoms with van der Waals surface area (Å²) < 4.78 is 1.06. The lowest BCUT2D eigenvalue weighted by Crippen LogP contribution is -2.45. The highest BCUT2D eigenvalue weighted by Gasteiger charge is 2.23.